The Balaban J connectivity index is 2.27. The zero-order chi connectivity index (χ0) is 11.1. The molecular formula is C14H21Cl. The van der Waals surface area contributed by atoms with E-state index in [2.05, 4.69) is 44.2 Å². The number of hydrogen-bond acceptors (Lipinski definition) is 0. The zero-order valence-corrected chi connectivity index (χ0v) is 10.5. The molecule has 0 aliphatic heterocycles. The molecule has 0 aliphatic carbocycles. The summed E-state index contributed by atoms with van der Waals surface area (Å²) < 4.78 is 0. The molecule has 1 rings (SSSR count). The van der Waals surface area contributed by atoms with Crippen molar-refractivity contribution >= 4 is 11.6 Å². The molecule has 0 amide bonds. The first-order valence-electron chi connectivity index (χ1n) is 5.84. The van der Waals surface area contributed by atoms with Gasteiger partial charge in [-0.3, -0.25) is 0 Å². The van der Waals surface area contributed by atoms with E-state index in [1.807, 2.05) is 0 Å². The second-order valence-electron chi connectivity index (χ2n) is 4.54. The summed E-state index contributed by atoms with van der Waals surface area (Å²) in [6, 6.07) is 10.7. The molecule has 1 heteroatoms. The highest BCUT2D eigenvalue weighted by atomic mass is 35.5. The summed E-state index contributed by atoms with van der Waals surface area (Å²) in [5.41, 5.74) is 1.44. The Labute approximate surface area is 98.7 Å². The van der Waals surface area contributed by atoms with Crippen LogP contribution in [0.15, 0.2) is 30.3 Å². The van der Waals surface area contributed by atoms with Gasteiger partial charge in [0.15, 0.2) is 0 Å². The summed E-state index contributed by atoms with van der Waals surface area (Å²) in [6.45, 7) is 4.52. The van der Waals surface area contributed by atoms with Gasteiger partial charge >= 0.3 is 0 Å². The number of hydrogen-bond donors (Lipinski definition) is 0. The fourth-order valence-corrected chi connectivity index (χ4v) is 2.31. The molecule has 0 fully saturated rings. The van der Waals surface area contributed by atoms with Crippen LogP contribution in [-0.4, -0.2) is 5.88 Å². The van der Waals surface area contributed by atoms with E-state index in [0.717, 1.165) is 5.88 Å². The molecule has 1 atom stereocenters. The number of halogens is 1. The summed E-state index contributed by atoms with van der Waals surface area (Å²) in [4.78, 5) is 0. The molecule has 0 bridgehead atoms. The predicted octanol–water partition coefficient (Wildman–Crippen LogP) is 4.52. The van der Waals surface area contributed by atoms with Gasteiger partial charge in [0.2, 0.25) is 0 Å². The molecule has 84 valence electrons. The predicted molar refractivity (Wildman–Crippen MR) is 68.4 cm³/mol. The van der Waals surface area contributed by atoms with Crippen molar-refractivity contribution in [3.05, 3.63) is 35.9 Å². The molecule has 0 N–H and O–H groups in total. The standard InChI is InChI=1S/C14H21Cl/c1-12(2)14(11-15)10-6-9-13-7-4-3-5-8-13/h3-5,7-8,12,14H,6,9-11H2,1-2H3. The van der Waals surface area contributed by atoms with Crippen molar-refractivity contribution in [2.45, 2.75) is 33.1 Å². The maximum atomic E-state index is 5.94. The summed E-state index contributed by atoms with van der Waals surface area (Å²) in [6.07, 6.45) is 3.68. The number of benzene rings is 1. The third-order valence-electron chi connectivity index (χ3n) is 3.02. The van der Waals surface area contributed by atoms with Gasteiger partial charge in [-0.25, -0.2) is 0 Å². The summed E-state index contributed by atoms with van der Waals surface area (Å²) in [5.74, 6) is 2.18. The Morgan fingerprint density at radius 1 is 1.13 bits per heavy atom. The highest BCUT2D eigenvalue weighted by molar-refractivity contribution is 6.18. The third kappa shape index (κ3) is 4.70. The minimum Gasteiger partial charge on any atom is -0.126 e. The van der Waals surface area contributed by atoms with E-state index in [9.17, 15) is 0 Å². The van der Waals surface area contributed by atoms with Crippen LogP contribution >= 0.6 is 11.6 Å². The van der Waals surface area contributed by atoms with Crippen molar-refractivity contribution in [2.75, 3.05) is 5.88 Å². The van der Waals surface area contributed by atoms with Gasteiger partial charge in [0.05, 0.1) is 0 Å². The Kier molecular flexibility index (Phi) is 5.78. The molecule has 0 spiro atoms. The van der Waals surface area contributed by atoms with E-state index in [4.69, 9.17) is 11.6 Å². The molecule has 0 saturated carbocycles. The Hall–Kier alpha value is -0.490. The first-order valence-corrected chi connectivity index (χ1v) is 6.37. The fraction of sp³-hybridized carbons (Fsp3) is 0.571. The largest absolute Gasteiger partial charge is 0.126 e. The molecule has 0 saturated heterocycles. The number of rotatable bonds is 6. The summed E-state index contributed by atoms with van der Waals surface area (Å²) in [5, 5.41) is 0. The Morgan fingerprint density at radius 3 is 2.33 bits per heavy atom. The number of aryl methyl sites for hydroxylation is 1. The van der Waals surface area contributed by atoms with Gasteiger partial charge in [0.1, 0.15) is 0 Å². The number of alkyl halides is 1. The summed E-state index contributed by atoms with van der Waals surface area (Å²) >= 11 is 5.94. The van der Waals surface area contributed by atoms with Crippen LogP contribution in [0.1, 0.15) is 32.3 Å². The SMILES string of the molecule is CC(C)C(CCl)CCCc1ccccc1. The average Bonchev–Trinajstić information content (AvgIpc) is 2.25. The first kappa shape index (κ1) is 12.6. The Bertz CT molecular complexity index is 253. The smallest absolute Gasteiger partial charge is 0.0254 e. The lowest BCUT2D eigenvalue weighted by Crippen LogP contribution is -2.10. The molecule has 0 radical (unpaired) electrons. The topological polar surface area (TPSA) is 0 Å². The van der Waals surface area contributed by atoms with Gasteiger partial charge in [-0.15, -0.1) is 11.6 Å². The van der Waals surface area contributed by atoms with Gasteiger partial charge in [0.25, 0.3) is 0 Å². The van der Waals surface area contributed by atoms with Crippen molar-refractivity contribution in [2.24, 2.45) is 11.8 Å². The molecule has 15 heavy (non-hydrogen) atoms. The van der Waals surface area contributed by atoms with E-state index in [1.54, 1.807) is 0 Å². The second-order valence-corrected chi connectivity index (χ2v) is 4.84. The van der Waals surface area contributed by atoms with Gasteiger partial charge in [-0.1, -0.05) is 44.2 Å². The highest BCUT2D eigenvalue weighted by Gasteiger charge is 2.11. The van der Waals surface area contributed by atoms with E-state index < -0.39 is 0 Å². The van der Waals surface area contributed by atoms with E-state index in [0.29, 0.717) is 11.8 Å². The van der Waals surface area contributed by atoms with Gasteiger partial charge < -0.3 is 0 Å². The van der Waals surface area contributed by atoms with Crippen molar-refractivity contribution in [3.63, 3.8) is 0 Å². The van der Waals surface area contributed by atoms with Gasteiger partial charge in [-0.05, 0) is 36.7 Å². The van der Waals surface area contributed by atoms with Crippen molar-refractivity contribution < 1.29 is 0 Å². The summed E-state index contributed by atoms with van der Waals surface area (Å²) in [7, 11) is 0. The van der Waals surface area contributed by atoms with Crippen LogP contribution in [-0.2, 0) is 6.42 Å². The van der Waals surface area contributed by atoms with Crippen LogP contribution in [0.4, 0.5) is 0 Å². The molecule has 1 aromatic carbocycles. The van der Waals surface area contributed by atoms with Crippen LogP contribution in [0.5, 0.6) is 0 Å². The highest BCUT2D eigenvalue weighted by Crippen LogP contribution is 2.19. The van der Waals surface area contributed by atoms with E-state index >= 15 is 0 Å². The normalized spacial score (nSPS) is 13.1. The van der Waals surface area contributed by atoms with Crippen LogP contribution in [0.2, 0.25) is 0 Å². The fourth-order valence-electron chi connectivity index (χ4n) is 1.80. The molecule has 1 unspecified atom stereocenters. The quantitative estimate of drug-likeness (QED) is 0.624. The van der Waals surface area contributed by atoms with Crippen molar-refractivity contribution in [1.82, 2.24) is 0 Å². The maximum Gasteiger partial charge on any atom is 0.0254 e. The molecule has 0 aromatic heterocycles. The molecular weight excluding hydrogens is 204 g/mol. The van der Waals surface area contributed by atoms with Crippen molar-refractivity contribution in [1.29, 1.82) is 0 Å². The lowest BCUT2D eigenvalue weighted by Gasteiger charge is -2.17. The molecule has 0 heterocycles. The van der Waals surface area contributed by atoms with E-state index in [1.165, 1.54) is 24.8 Å². The Morgan fingerprint density at radius 2 is 1.80 bits per heavy atom. The average molecular weight is 225 g/mol. The van der Waals surface area contributed by atoms with Crippen LogP contribution in [0, 0.1) is 11.8 Å². The molecule has 1 aromatic rings. The van der Waals surface area contributed by atoms with Crippen LogP contribution < -0.4 is 0 Å². The van der Waals surface area contributed by atoms with E-state index in [-0.39, 0.29) is 0 Å². The van der Waals surface area contributed by atoms with Crippen LogP contribution in [0.3, 0.4) is 0 Å². The van der Waals surface area contributed by atoms with Gasteiger partial charge in [-0.2, -0.15) is 0 Å². The zero-order valence-electron chi connectivity index (χ0n) is 9.75. The molecule has 0 aliphatic rings. The van der Waals surface area contributed by atoms with Crippen molar-refractivity contribution in [3.8, 4) is 0 Å². The first-order chi connectivity index (χ1) is 7.24. The second kappa shape index (κ2) is 6.90. The third-order valence-corrected chi connectivity index (χ3v) is 3.42. The lowest BCUT2D eigenvalue weighted by molar-refractivity contribution is 0.387. The lowest BCUT2D eigenvalue weighted by atomic mass is 9.91. The molecule has 0 nitrogen and oxygen atoms in total. The minimum absolute atomic E-state index is 0.676. The monoisotopic (exact) mass is 224 g/mol. The minimum atomic E-state index is 0.676. The van der Waals surface area contributed by atoms with Gasteiger partial charge in [0, 0.05) is 5.88 Å². The maximum absolute atomic E-state index is 5.94. The van der Waals surface area contributed by atoms with Crippen LogP contribution in [0.25, 0.3) is 0 Å².